The van der Waals surface area contributed by atoms with Crippen molar-refractivity contribution in [2.75, 3.05) is 21.3 Å². The SMILES string of the molecule is COc1cc(-c2c(C(=O)O)[nH]c(=O)c3cc(OCc4ccccn4)ccc23)cc(OC)c1OC. The first kappa shape index (κ1) is 22.7. The highest BCUT2D eigenvalue weighted by molar-refractivity contribution is 6.06. The average molecular weight is 462 g/mol. The Hall–Kier alpha value is -4.53. The zero-order valence-corrected chi connectivity index (χ0v) is 18.7. The summed E-state index contributed by atoms with van der Waals surface area (Å²) in [5.74, 6) is 0.232. The number of carboxylic acids is 1. The molecular formula is C25H22N2O7. The molecule has 2 N–H and O–H groups in total. The summed E-state index contributed by atoms with van der Waals surface area (Å²) in [6.07, 6.45) is 1.67. The Balaban J connectivity index is 1.89. The number of pyridine rings is 2. The van der Waals surface area contributed by atoms with Gasteiger partial charge >= 0.3 is 5.97 Å². The van der Waals surface area contributed by atoms with Crippen molar-refractivity contribution in [3.8, 4) is 34.1 Å². The minimum atomic E-state index is -1.28. The van der Waals surface area contributed by atoms with E-state index in [9.17, 15) is 14.7 Å². The molecule has 0 bridgehead atoms. The first-order valence-corrected chi connectivity index (χ1v) is 10.2. The first-order valence-electron chi connectivity index (χ1n) is 10.2. The lowest BCUT2D eigenvalue weighted by Gasteiger charge is -2.16. The molecule has 174 valence electrons. The number of nitrogens with one attached hydrogen (secondary N) is 1. The number of aromatic carboxylic acids is 1. The predicted octanol–water partition coefficient (Wildman–Crippen LogP) is 3.89. The Bertz CT molecular complexity index is 1390. The van der Waals surface area contributed by atoms with Crippen LogP contribution in [0, 0.1) is 0 Å². The molecule has 0 unspecified atom stereocenters. The van der Waals surface area contributed by atoms with Gasteiger partial charge in [0.25, 0.3) is 5.56 Å². The van der Waals surface area contributed by atoms with E-state index in [-0.39, 0.29) is 17.7 Å². The zero-order valence-electron chi connectivity index (χ0n) is 18.7. The maximum atomic E-state index is 12.8. The summed E-state index contributed by atoms with van der Waals surface area (Å²) in [5.41, 5.74) is 0.699. The van der Waals surface area contributed by atoms with Crippen LogP contribution in [0.1, 0.15) is 16.2 Å². The number of ether oxygens (including phenoxy) is 4. The molecule has 2 aromatic heterocycles. The average Bonchev–Trinajstić information content (AvgIpc) is 2.87. The Labute approximate surface area is 194 Å². The molecule has 9 heteroatoms. The normalized spacial score (nSPS) is 10.7. The maximum Gasteiger partial charge on any atom is 0.353 e. The van der Waals surface area contributed by atoms with Gasteiger partial charge in [-0.05, 0) is 53.4 Å². The lowest BCUT2D eigenvalue weighted by molar-refractivity contribution is 0.0691. The van der Waals surface area contributed by atoms with E-state index < -0.39 is 11.5 Å². The minimum absolute atomic E-state index is 0.219. The molecule has 0 spiro atoms. The van der Waals surface area contributed by atoms with E-state index in [0.29, 0.717) is 39.5 Å². The number of carbonyl (C=O) groups is 1. The topological polar surface area (TPSA) is 120 Å². The third-order valence-electron chi connectivity index (χ3n) is 5.27. The van der Waals surface area contributed by atoms with Crippen molar-refractivity contribution in [1.29, 1.82) is 0 Å². The van der Waals surface area contributed by atoms with Gasteiger partial charge in [0.15, 0.2) is 11.5 Å². The lowest BCUT2D eigenvalue weighted by Crippen LogP contribution is -2.15. The Kier molecular flexibility index (Phi) is 6.35. The molecule has 0 fully saturated rings. The fourth-order valence-electron chi connectivity index (χ4n) is 3.72. The van der Waals surface area contributed by atoms with E-state index in [4.69, 9.17) is 18.9 Å². The molecule has 34 heavy (non-hydrogen) atoms. The Morgan fingerprint density at radius 2 is 1.71 bits per heavy atom. The van der Waals surface area contributed by atoms with Gasteiger partial charge < -0.3 is 29.0 Å². The van der Waals surface area contributed by atoms with Crippen molar-refractivity contribution in [3.05, 3.63) is 76.5 Å². The van der Waals surface area contributed by atoms with E-state index in [1.165, 1.54) is 21.3 Å². The largest absolute Gasteiger partial charge is 0.493 e. The Morgan fingerprint density at radius 1 is 0.971 bits per heavy atom. The number of H-pyrrole nitrogens is 1. The van der Waals surface area contributed by atoms with E-state index in [1.807, 2.05) is 18.2 Å². The van der Waals surface area contributed by atoms with Gasteiger partial charge in [0.05, 0.1) is 32.4 Å². The molecule has 0 aliphatic carbocycles. The third kappa shape index (κ3) is 4.23. The van der Waals surface area contributed by atoms with Crippen LogP contribution in [0.25, 0.3) is 21.9 Å². The van der Waals surface area contributed by atoms with Crippen molar-refractivity contribution in [3.63, 3.8) is 0 Å². The van der Waals surface area contributed by atoms with Crippen LogP contribution in [-0.2, 0) is 6.61 Å². The van der Waals surface area contributed by atoms with Gasteiger partial charge in [-0.1, -0.05) is 6.07 Å². The molecule has 0 amide bonds. The zero-order chi connectivity index (χ0) is 24.2. The van der Waals surface area contributed by atoms with Crippen molar-refractivity contribution >= 4 is 16.7 Å². The molecule has 0 saturated heterocycles. The molecule has 4 aromatic rings. The van der Waals surface area contributed by atoms with Crippen LogP contribution >= 0.6 is 0 Å². The highest BCUT2D eigenvalue weighted by Crippen LogP contribution is 2.43. The number of fused-ring (bicyclic) bond motifs is 1. The van der Waals surface area contributed by atoms with Crippen molar-refractivity contribution in [2.24, 2.45) is 0 Å². The molecule has 2 heterocycles. The summed E-state index contributed by atoms with van der Waals surface area (Å²) in [4.78, 5) is 31.6. The molecule has 0 radical (unpaired) electrons. The van der Waals surface area contributed by atoms with Gasteiger partial charge in [0.1, 0.15) is 18.1 Å². The van der Waals surface area contributed by atoms with Crippen molar-refractivity contribution in [2.45, 2.75) is 6.61 Å². The number of hydrogen-bond acceptors (Lipinski definition) is 7. The number of rotatable bonds is 8. The van der Waals surface area contributed by atoms with Crippen LogP contribution in [0.3, 0.4) is 0 Å². The second-order valence-electron chi connectivity index (χ2n) is 7.24. The number of methoxy groups -OCH3 is 3. The smallest absolute Gasteiger partial charge is 0.353 e. The predicted molar refractivity (Wildman–Crippen MR) is 125 cm³/mol. The highest BCUT2D eigenvalue weighted by atomic mass is 16.5. The number of nitrogens with zero attached hydrogens (tertiary/aromatic N) is 1. The number of carboxylic acid groups (broad SMARTS) is 1. The lowest BCUT2D eigenvalue weighted by atomic mass is 9.96. The summed E-state index contributed by atoms with van der Waals surface area (Å²) in [6.45, 7) is 0.219. The summed E-state index contributed by atoms with van der Waals surface area (Å²) in [6, 6.07) is 13.7. The molecule has 2 aromatic carbocycles. The maximum absolute atomic E-state index is 12.8. The van der Waals surface area contributed by atoms with Crippen LogP contribution in [0.4, 0.5) is 0 Å². The fourth-order valence-corrected chi connectivity index (χ4v) is 3.72. The number of aromatic nitrogens is 2. The van der Waals surface area contributed by atoms with Crippen LogP contribution < -0.4 is 24.5 Å². The molecule has 9 nitrogen and oxygen atoms in total. The first-order chi connectivity index (χ1) is 16.5. The second-order valence-corrected chi connectivity index (χ2v) is 7.24. The van der Waals surface area contributed by atoms with Gasteiger partial charge in [0.2, 0.25) is 5.75 Å². The number of hydrogen-bond donors (Lipinski definition) is 2. The van der Waals surface area contributed by atoms with Gasteiger partial charge in [-0.2, -0.15) is 0 Å². The summed E-state index contributed by atoms with van der Waals surface area (Å²) < 4.78 is 22.0. The van der Waals surface area contributed by atoms with Crippen molar-refractivity contribution in [1.82, 2.24) is 9.97 Å². The quantitative estimate of drug-likeness (QED) is 0.405. The number of benzene rings is 2. The van der Waals surface area contributed by atoms with E-state index in [2.05, 4.69) is 9.97 Å². The van der Waals surface area contributed by atoms with Crippen molar-refractivity contribution < 1.29 is 28.8 Å². The summed E-state index contributed by atoms with van der Waals surface area (Å²) >= 11 is 0. The highest BCUT2D eigenvalue weighted by Gasteiger charge is 2.22. The fraction of sp³-hybridized carbons (Fsp3) is 0.160. The Morgan fingerprint density at radius 3 is 2.29 bits per heavy atom. The summed E-state index contributed by atoms with van der Waals surface area (Å²) in [7, 11) is 4.41. The van der Waals surface area contributed by atoms with E-state index in [0.717, 1.165) is 5.69 Å². The molecule has 0 saturated carbocycles. The van der Waals surface area contributed by atoms with Crippen LogP contribution in [0.2, 0.25) is 0 Å². The standard InChI is InChI=1S/C25H22N2O7/c1-31-19-10-14(11-20(32-2)23(19)33-3)21-17-8-7-16(34-13-15-6-4-5-9-26-15)12-18(17)24(28)27-22(21)25(29)30/h4-12H,13H2,1-3H3,(H,27,28)(H,29,30). The molecule has 0 aliphatic rings. The van der Waals surface area contributed by atoms with Gasteiger partial charge in [-0.3, -0.25) is 9.78 Å². The monoisotopic (exact) mass is 462 g/mol. The van der Waals surface area contributed by atoms with Gasteiger partial charge in [-0.15, -0.1) is 0 Å². The third-order valence-corrected chi connectivity index (χ3v) is 5.27. The van der Waals surface area contributed by atoms with E-state index >= 15 is 0 Å². The molecular weight excluding hydrogens is 440 g/mol. The summed E-state index contributed by atoms with van der Waals surface area (Å²) in [5, 5.41) is 10.5. The van der Waals surface area contributed by atoms with E-state index in [1.54, 1.807) is 36.5 Å². The molecule has 0 aliphatic heterocycles. The van der Waals surface area contributed by atoms with Gasteiger partial charge in [-0.25, -0.2) is 4.79 Å². The minimum Gasteiger partial charge on any atom is -0.493 e. The van der Waals surface area contributed by atoms with Crippen LogP contribution in [0.15, 0.2) is 59.5 Å². The second kappa shape index (κ2) is 9.53. The number of aromatic amines is 1. The molecule has 0 atom stereocenters. The molecule has 4 rings (SSSR count). The van der Waals surface area contributed by atoms with Crippen LogP contribution in [0.5, 0.6) is 23.0 Å². The van der Waals surface area contributed by atoms with Crippen LogP contribution in [-0.4, -0.2) is 42.4 Å². The van der Waals surface area contributed by atoms with Gasteiger partial charge in [0, 0.05) is 11.8 Å².